The fourth-order valence-electron chi connectivity index (χ4n) is 5.51. The number of hydrogen-bond donors (Lipinski definition) is 4. The number of benzene rings is 3. The Hall–Kier alpha value is -4.33. The molecule has 3 amide bonds. The number of carbonyl (C=O) groups excluding carboxylic acids is 3. The van der Waals surface area contributed by atoms with E-state index in [1.54, 1.807) is 42.5 Å². The third-order valence-electron chi connectivity index (χ3n) is 7.49. The summed E-state index contributed by atoms with van der Waals surface area (Å²) < 4.78 is 5.03. The Bertz CT molecular complexity index is 1370. The molecule has 0 radical (unpaired) electrons. The molecule has 0 heterocycles. The lowest BCUT2D eigenvalue weighted by Gasteiger charge is -2.29. The lowest BCUT2D eigenvalue weighted by Crippen LogP contribution is -2.47. The molecule has 8 heteroatoms. The number of methoxy groups -OCH3 is 1. The number of hydrogen-bond acceptors (Lipinski definition) is 5. The first kappa shape index (κ1) is 28.7. The minimum Gasteiger partial charge on any atom is -0.508 e. The smallest absolute Gasteiger partial charge is 0.328 e. The third-order valence-corrected chi connectivity index (χ3v) is 7.49. The molecule has 3 aromatic carbocycles. The van der Waals surface area contributed by atoms with Gasteiger partial charge in [0.15, 0.2) is 0 Å². The van der Waals surface area contributed by atoms with Gasteiger partial charge in [0.05, 0.1) is 18.4 Å². The molecule has 1 saturated carbocycles. The molecule has 1 atom stereocenters. The van der Waals surface area contributed by atoms with Crippen LogP contribution in [0.25, 0.3) is 11.1 Å². The van der Waals surface area contributed by atoms with E-state index >= 15 is 0 Å². The van der Waals surface area contributed by atoms with Gasteiger partial charge >= 0.3 is 12.0 Å². The summed E-state index contributed by atoms with van der Waals surface area (Å²) in [5.41, 5.74) is 5.70. The summed E-state index contributed by atoms with van der Waals surface area (Å²) in [6.07, 6.45) is 4.78. The van der Waals surface area contributed by atoms with Crippen molar-refractivity contribution in [1.29, 1.82) is 0 Å². The molecular formula is C32H37N3O5. The topological polar surface area (TPSA) is 117 Å². The van der Waals surface area contributed by atoms with Crippen molar-refractivity contribution in [3.63, 3.8) is 0 Å². The van der Waals surface area contributed by atoms with E-state index in [-0.39, 0.29) is 22.9 Å². The summed E-state index contributed by atoms with van der Waals surface area (Å²) in [4.78, 5) is 39.5. The molecule has 8 nitrogen and oxygen atoms in total. The van der Waals surface area contributed by atoms with Crippen LogP contribution in [0.4, 0.5) is 16.2 Å². The minimum atomic E-state index is -0.769. The molecule has 0 unspecified atom stereocenters. The summed E-state index contributed by atoms with van der Waals surface area (Å²) in [5, 5.41) is 18.4. The Morgan fingerprint density at radius 1 is 0.850 bits per heavy atom. The van der Waals surface area contributed by atoms with Crippen LogP contribution in [0.3, 0.4) is 0 Å². The number of amides is 3. The zero-order chi connectivity index (χ0) is 28.8. The number of nitrogens with one attached hydrogen (secondary N) is 3. The number of aromatic hydroxyl groups is 1. The molecule has 4 N–H and O–H groups in total. The monoisotopic (exact) mass is 543 g/mol. The quantitative estimate of drug-likeness (QED) is 0.255. The average Bonchev–Trinajstić information content (AvgIpc) is 2.94. The SMILES string of the molecule is COC(=O)[C@@H](NC(=O)c1ccc(-c2ccc(O)cc2)cc1NC(=O)Nc1c(C)cc(C)cc1C)C1CCCCC1. The van der Waals surface area contributed by atoms with Crippen LogP contribution in [-0.4, -0.2) is 36.2 Å². The van der Waals surface area contributed by atoms with Crippen molar-refractivity contribution in [2.45, 2.75) is 58.9 Å². The molecule has 3 aromatic rings. The van der Waals surface area contributed by atoms with Crippen LogP contribution in [0.5, 0.6) is 5.75 Å². The van der Waals surface area contributed by atoms with Gasteiger partial charge in [0.2, 0.25) is 0 Å². The molecule has 0 saturated heterocycles. The number of phenolic OH excluding ortho intramolecular Hbond substituents is 1. The van der Waals surface area contributed by atoms with E-state index in [0.717, 1.165) is 59.9 Å². The summed E-state index contributed by atoms with van der Waals surface area (Å²) in [6.45, 7) is 5.86. The standard InChI is InChI=1S/C32H37N3O5/c1-19-16-20(2)28(21(3)17-19)35-32(39)33-27-18-24(22-10-13-25(36)14-11-22)12-15-26(27)30(37)34-29(31(38)40-4)23-8-6-5-7-9-23/h10-18,23,29,36H,5-9H2,1-4H3,(H,34,37)(H2,33,35,39)/t29-/m0/s1. The van der Waals surface area contributed by atoms with Crippen molar-refractivity contribution in [2.75, 3.05) is 17.7 Å². The van der Waals surface area contributed by atoms with E-state index in [2.05, 4.69) is 16.0 Å². The van der Waals surface area contributed by atoms with Crippen LogP contribution in [0.15, 0.2) is 54.6 Å². The molecule has 1 fully saturated rings. The Morgan fingerprint density at radius 3 is 2.10 bits per heavy atom. The lowest BCUT2D eigenvalue weighted by atomic mass is 9.83. The summed E-state index contributed by atoms with van der Waals surface area (Å²) in [7, 11) is 1.32. The minimum absolute atomic E-state index is 0.00591. The zero-order valence-corrected chi connectivity index (χ0v) is 23.5. The maximum atomic E-state index is 13.6. The number of phenols is 1. The predicted octanol–water partition coefficient (Wildman–Crippen LogP) is 6.48. The molecule has 4 rings (SSSR count). The van der Waals surface area contributed by atoms with Crippen molar-refractivity contribution < 1.29 is 24.2 Å². The van der Waals surface area contributed by atoms with E-state index in [1.165, 1.54) is 7.11 Å². The lowest BCUT2D eigenvalue weighted by molar-refractivity contribution is -0.144. The summed E-state index contributed by atoms with van der Waals surface area (Å²) in [6, 6.07) is 14.5. The first-order valence-corrected chi connectivity index (χ1v) is 13.6. The number of anilines is 2. The van der Waals surface area contributed by atoms with Gasteiger partial charge in [-0.15, -0.1) is 0 Å². The van der Waals surface area contributed by atoms with Crippen LogP contribution < -0.4 is 16.0 Å². The summed E-state index contributed by atoms with van der Waals surface area (Å²) >= 11 is 0. The fraction of sp³-hybridized carbons (Fsp3) is 0.344. The highest BCUT2D eigenvalue weighted by atomic mass is 16.5. The zero-order valence-electron chi connectivity index (χ0n) is 23.5. The second-order valence-electron chi connectivity index (χ2n) is 10.5. The highest BCUT2D eigenvalue weighted by Gasteiger charge is 2.32. The average molecular weight is 544 g/mol. The molecule has 0 aromatic heterocycles. The van der Waals surface area contributed by atoms with E-state index in [4.69, 9.17) is 4.74 Å². The molecule has 1 aliphatic carbocycles. The van der Waals surface area contributed by atoms with Gasteiger partial charge in [-0.3, -0.25) is 4.79 Å². The Kier molecular flexibility index (Phi) is 9.09. The number of rotatable bonds is 7. The molecule has 0 spiro atoms. The van der Waals surface area contributed by atoms with Gasteiger partial charge in [0.25, 0.3) is 5.91 Å². The second kappa shape index (κ2) is 12.7. The van der Waals surface area contributed by atoms with Crippen molar-refractivity contribution in [3.05, 3.63) is 76.9 Å². The van der Waals surface area contributed by atoms with Gasteiger partial charge in [-0.1, -0.05) is 55.2 Å². The predicted molar refractivity (Wildman–Crippen MR) is 157 cm³/mol. The Morgan fingerprint density at radius 2 is 1.48 bits per heavy atom. The van der Waals surface area contributed by atoms with Crippen LogP contribution in [-0.2, 0) is 9.53 Å². The molecular weight excluding hydrogens is 506 g/mol. The van der Waals surface area contributed by atoms with Crippen molar-refractivity contribution >= 4 is 29.3 Å². The van der Waals surface area contributed by atoms with Crippen LogP contribution in [0.2, 0.25) is 0 Å². The van der Waals surface area contributed by atoms with Crippen LogP contribution in [0, 0.1) is 26.7 Å². The van der Waals surface area contributed by atoms with Gasteiger partial charge in [-0.25, -0.2) is 9.59 Å². The van der Waals surface area contributed by atoms with Crippen LogP contribution in [0.1, 0.15) is 59.2 Å². The van der Waals surface area contributed by atoms with Gasteiger partial charge in [-0.05, 0) is 86.1 Å². The number of carbonyl (C=O) groups is 3. The molecule has 210 valence electrons. The number of ether oxygens (including phenoxy) is 1. The van der Waals surface area contributed by atoms with Gasteiger partial charge in [0.1, 0.15) is 11.8 Å². The van der Waals surface area contributed by atoms with Crippen molar-refractivity contribution in [1.82, 2.24) is 5.32 Å². The van der Waals surface area contributed by atoms with Crippen LogP contribution >= 0.6 is 0 Å². The summed E-state index contributed by atoms with van der Waals surface area (Å²) in [5.74, 6) is -0.818. The highest BCUT2D eigenvalue weighted by molar-refractivity contribution is 6.08. The van der Waals surface area contributed by atoms with E-state index in [1.807, 2.05) is 32.9 Å². The third kappa shape index (κ3) is 6.81. The van der Waals surface area contributed by atoms with E-state index < -0.39 is 23.9 Å². The van der Waals surface area contributed by atoms with Crippen molar-refractivity contribution in [2.24, 2.45) is 5.92 Å². The Balaban J connectivity index is 1.65. The fourth-order valence-corrected chi connectivity index (χ4v) is 5.51. The maximum absolute atomic E-state index is 13.6. The molecule has 0 aliphatic heterocycles. The van der Waals surface area contributed by atoms with Gasteiger partial charge in [0, 0.05) is 5.69 Å². The first-order valence-electron chi connectivity index (χ1n) is 13.6. The molecule has 40 heavy (non-hydrogen) atoms. The number of esters is 1. The largest absolute Gasteiger partial charge is 0.508 e. The van der Waals surface area contributed by atoms with Gasteiger partial charge < -0.3 is 25.8 Å². The second-order valence-corrected chi connectivity index (χ2v) is 10.5. The van der Waals surface area contributed by atoms with E-state index in [0.29, 0.717) is 5.69 Å². The van der Waals surface area contributed by atoms with Gasteiger partial charge in [-0.2, -0.15) is 0 Å². The molecule has 1 aliphatic rings. The highest BCUT2D eigenvalue weighted by Crippen LogP contribution is 2.30. The number of urea groups is 1. The number of aryl methyl sites for hydroxylation is 3. The van der Waals surface area contributed by atoms with E-state index in [9.17, 15) is 19.5 Å². The maximum Gasteiger partial charge on any atom is 0.328 e. The Labute approximate surface area is 235 Å². The first-order chi connectivity index (χ1) is 19.2. The molecule has 0 bridgehead atoms. The normalized spacial score (nSPS) is 14.2. The van der Waals surface area contributed by atoms with Crippen molar-refractivity contribution in [3.8, 4) is 16.9 Å².